The van der Waals surface area contributed by atoms with Crippen molar-refractivity contribution in [3.8, 4) is 23.0 Å². The molecule has 0 bridgehead atoms. The first-order valence-corrected chi connectivity index (χ1v) is 9.55. The van der Waals surface area contributed by atoms with E-state index in [4.69, 9.17) is 31.2 Å². The Morgan fingerprint density at radius 1 is 1.17 bits per heavy atom. The van der Waals surface area contributed by atoms with Gasteiger partial charge in [0.1, 0.15) is 17.1 Å². The van der Waals surface area contributed by atoms with Crippen LogP contribution in [-0.2, 0) is 9.59 Å². The third-order valence-electron chi connectivity index (χ3n) is 4.53. The van der Waals surface area contributed by atoms with Gasteiger partial charge in [0, 0.05) is 11.6 Å². The number of amides is 2. The second-order valence-electron chi connectivity index (χ2n) is 6.31. The fourth-order valence-corrected chi connectivity index (χ4v) is 3.45. The molecule has 0 saturated carbocycles. The lowest BCUT2D eigenvalue weighted by atomic mass is 10.1. The highest BCUT2D eigenvalue weighted by molar-refractivity contribution is 7.80. The maximum absolute atomic E-state index is 13.3. The molecule has 8 nitrogen and oxygen atoms in total. The number of rotatable bonds is 5. The third kappa shape index (κ3) is 3.43. The van der Waals surface area contributed by atoms with E-state index in [0.717, 1.165) is 0 Å². The SMILES string of the molecule is CCOc1cc2c(cc1/C=C1\C(=O)NC(=S)N(c3ccccc3OC)C1=O)OCO2. The van der Waals surface area contributed by atoms with E-state index in [1.165, 1.54) is 18.1 Å². The van der Waals surface area contributed by atoms with E-state index in [1.54, 1.807) is 36.4 Å². The van der Waals surface area contributed by atoms with E-state index < -0.39 is 11.8 Å². The zero-order chi connectivity index (χ0) is 21.3. The van der Waals surface area contributed by atoms with Crippen LogP contribution < -0.4 is 29.2 Å². The number of hydrogen-bond donors (Lipinski definition) is 1. The van der Waals surface area contributed by atoms with Crippen molar-refractivity contribution in [2.45, 2.75) is 6.92 Å². The van der Waals surface area contributed by atoms with E-state index in [1.807, 2.05) is 6.92 Å². The summed E-state index contributed by atoms with van der Waals surface area (Å²) in [6, 6.07) is 10.3. The first-order chi connectivity index (χ1) is 14.5. The highest BCUT2D eigenvalue weighted by Gasteiger charge is 2.36. The molecule has 0 radical (unpaired) electrons. The molecule has 2 aromatic rings. The molecule has 4 rings (SSSR count). The molecule has 2 heterocycles. The average Bonchev–Trinajstić information content (AvgIpc) is 3.18. The Morgan fingerprint density at radius 2 is 1.90 bits per heavy atom. The van der Waals surface area contributed by atoms with Gasteiger partial charge in [-0.25, -0.2) is 4.90 Å². The van der Waals surface area contributed by atoms with Crippen LogP contribution in [0.15, 0.2) is 42.0 Å². The highest BCUT2D eigenvalue weighted by Crippen LogP contribution is 2.39. The fourth-order valence-electron chi connectivity index (χ4n) is 3.18. The van der Waals surface area contributed by atoms with E-state index >= 15 is 0 Å². The number of para-hydroxylation sites is 2. The molecule has 2 aromatic carbocycles. The lowest BCUT2D eigenvalue weighted by molar-refractivity contribution is -0.122. The number of benzene rings is 2. The number of thiocarbonyl (C=S) groups is 1. The van der Waals surface area contributed by atoms with Gasteiger partial charge < -0.3 is 18.9 Å². The van der Waals surface area contributed by atoms with Crippen molar-refractivity contribution >= 4 is 40.9 Å². The molecule has 0 atom stereocenters. The molecule has 1 saturated heterocycles. The quantitative estimate of drug-likeness (QED) is 0.447. The Kier molecular flexibility index (Phi) is 5.28. The van der Waals surface area contributed by atoms with Crippen molar-refractivity contribution in [1.82, 2.24) is 5.32 Å². The van der Waals surface area contributed by atoms with Crippen molar-refractivity contribution in [3.05, 3.63) is 47.5 Å². The van der Waals surface area contributed by atoms with Crippen LogP contribution in [0.1, 0.15) is 12.5 Å². The second-order valence-corrected chi connectivity index (χ2v) is 6.69. The van der Waals surface area contributed by atoms with E-state index in [2.05, 4.69) is 5.32 Å². The van der Waals surface area contributed by atoms with Gasteiger partial charge >= 0.3 is 0 Å². The first kappa shape index (κ1) is 19.7. The molecular weight excluding hydrogens is 408 g/mol. The number of anilines is 1. The average molecular weight is 426 g/mol. The molecule has 0 unspecified atom stereocenters. The Labute approximate surface area is 178 Å². The Balaban J connectivity index is 1.79. The summed E-state index contributed by atoms with van der Waals surface area (Å²) in [5.74, 6) is 0.779. The highest BCUT2D eigenvalue weighted by atomic mass is 32.1. The van der Waals surface area contributed by atoms with Gasteiger partial charge in [0.25, 0.3) is 11.8 Å². The summed E-state index contributed by atoms with van der Waals surface area (Å²) in [7, 11) is 1.49. The van der Waals surface area contributed by atoms with Crippen LogP contribution in [-0.4, -0.2) is 37.4 Å². The largest absolute Gasteiger partial charge is 0.495 e. The predicted molar refractivity (Wildman–Crippen MR) is 113 cm³/mol. The summed E-state index contributed by atoms with van der Waals surface area (Å²) in [4.78, 5) is 27.1. The number of carbonyl (C=O) groups excluding carboxylic acids is 2. The van der Waals surface area contributed by atoms with Crippen LogP contribution in [0.25, 0.3) is 6.08 Å². The van der Waals surface area contributed by atoms with E-state index in [9.17, 15) is 9.59 Å². The Morgan fingerprint density at radius 3 is 2.63 bits per heavy atom. The Bertz CT molecular complexity index is 1080. The lowest BCUT2D eigenvalue weighted by Gasteiger charge is -2.29. The standard InChI is InChI=1S/C21H18N2O6S/c1-3-27-16-10-18-17(28-11-29-18)9-12(16)8-13-19(24)22-21(30)23(20(13)25)14-6-4-5-7-15(14)26-2/h4-10H,3,11H2,1-2H3,(H,22,24,30)/b13-8+. The van der Waals surface area contributed by atoms with Crippen LogP contribution in [0, 0.1) is 0 Å². The monoisotopic (exact) mass is 426 g/mol. The minimum atomic E-state index is -0.601. The molecule has 2 amide bonds. The smallest absolute Gasteiger partial charge is 0.270 e. The van der Waals surface area contributed by atoms with Gasteiger partial charge in [-0.05, 0) is 43.4 Å². The van der Waals surface area contributed by atoms with Crippen molar-refractivity contribution in [3.63, 3.8) is 0 Å². The summed E-state index contributed by atoms with van der Waals surface area (Å²) in [5.41, 5.74) is 0.832. The Hall–Kier alpha value is -3.59. The number of fused-ring (bicyclic) bond motifs is 1. The number of nitrogens with one attached hydrogen (secondary N) is 1. The van der Waals surface area contributed by atoms with Crippen molar-refractivity contribution in [2.75, 3.05) is 25.4 Å². The first-order valence-electron chi connectivity index (χ1n) is 9.14. The summed E-state index contributed by atoms with van der Waals surface area (Å²) in [5, 5.41) is 2.54. The molecule has 0 spiro atoms. The number of methoxy groups -OCH3 is 1. The summed E-state index contributed by atoms with van der Waals surface area (Å²) >= 11 is 5.25. The summed E-state index contributed by atoms with van der Waals surface area (Å²) in [6.07, 6.45) is 1.45. The van der Waals surface area contributed by atoms with Crippen LogP contribution in [0.4, 0.5) is 5.69 Å². The van der Waals surface area contributed by atoms with Gasteiger partial charge in [-0.15, -0.1) is 0 Å². The number of carbonyl (C=O) groups is 2. The molecule has 30 heavy (non-hydrogen) atoms. The molecule has 1 fully saturated rings. The molecule has 154 valence electrons. The molecule has 0 aromatic heterocycles. The second kappa shape index (κ2) is 8.03. The number of nitrogens with zero attached hydrogens (tertiary/aromatic N) is 1. The maximum atomic E-state index is 13.3. The van der Waals surface area contributed by atoms with Crippen LogP contribution in [0.5, 0.6) is 23.0 Å². The van der Waals surface area contributed by atoms with Crippen LogP contribution >= 0.6 is 12.2 Å². The van der Waals surface area contributed by atoms with Gasteiger partial charge in [0.05, 0.1) is 19.4 Å². The van der Waals surface area contributed by atoms with Crippen molar-refractivity contribution in [1.29, 1.82) is 0 Å². The minimum absolute atomic E-state index is 0.0256. The predicted octanol–water partition coefficient (Wildman–Crippen LogP) is 2.65. The van der Waals surface area contributed by atoms with Gasteiger partial charge in [0.15, 0.2) is 16.6 Å². The van der Waals surface area contributed by atoms with Crippen LogP contribution in [0.2, 0.25) is 0 Å². The fraction of sp³-hybridized carbons (Fsp3) is 0.190. The molecule has 9 heteroatoms. The van der Waals surface area contributed by atoms with Crippen molar-refractivity contribution < 1.29 is 28.5 Å². The van der Waals surface area contributed by atoms with Gasteiger partial charge in [-0.2, -0.15) is 0 Å². The number of hydrogen-bond acceptors (Lipinski definition) is 7. The van der Waals surface area contributed by atoms with E-state index in [-0.39, 0.29) is 17.5 Å². The zero-order valence-corrected chi connectivity index (χ0v) is 17.1. The molecule has 0 aliphatic carbocycles. The molecule has 2 aliphatic rings. The zero-order valence-electron chi connectivity index (χ0n) is 16.3. The maximum Gasteiger partial charge on any atom is 0.270 e. The summed E-state index contributed by atoms with van der Waals surface area (Å²) < 4.78 is 21.8. The molecule has 2 aliphatic heterocycles. The van der Waals surface area contributed by atoms with E-state index in [0.29, 0.717) is 40.9 Å². The van der Waals surface area contributed by atoms with Gasteiger partial charge in [-0.3, -0.25) is 14.9 Å². The van der Waals surface area contributed by atoms with Crippen molar-refractivity contribution in [2.24, 2.45) is 0 Å². The third-order valence-corrected chi connectivity index (χ3v) is 4.82. The number of ether oxygens (including phenoxy) is 4. The van der Waals surface area contributed by atoms with Crippen LogP contribution in [0.3, 0.4) is 0 Å². The molecular formula is C21H18N2O6S. The lowest BCUT2D eigenvalue weighted by Crippen LogP contribution is -2.54. The van der Waals surface area contributed by atoms with Gasteiger partial charge in [0.2, 0.25) is 6.79 Å². The minimum Gasteiger partial charge on any atom is -0.495 e. The summed E-state index contributed by atoms with van der Waals surface area (Å²) in [6.45, 7) is 2.32. The van der Waals surface area contributed by atoms with Gasteiger partial charge in [-0.1, -0.05) is 12.1 Å². The topological polar surface area (TPSA) is 86.3 Å². The normalized spacial score (nSPS) is 16.7. The molecule has 1 N–H and O–H groups in total.